The fourth-order valence-corrected chi connectivity index (χ4v) is 3.05. The number of nitrogens with zero attached hydrogens (tertiary/aromatic N) is 1. The molecule has 0 fully saturated rings. The summed E-state index contributed by atoms with van der Waals surface area (Å²) in [5.74, 6) is 0.441. The van der Waals surface area contributed by atoms with Crippen LogP contribution in [0.3, 0.4) is 0 Å². The van der Waals surface area contributed by atoms with Crippen molar-refractivity contribution < 1.29 is 9.47 Å². The molecule has 1 atom stereocenters. The van der Waals surface area contributed by atoms with Gasteiger partial charge in [0, 0.05) is 26.2 Å². The Bertz CT molecular complexity index is 572. The van der Waals surface area contributed by atoms with Crippen LogP contribution in [0.4, 0.5) is 5.13 Å². The summed E-state index contributed by atoms with van der Waals surface area (Å²) in [5, 5.41) is 5.24. The lowest BCUT2D eigenvalue weighted by Gasteiger charge is -2.12. The highest BCUT2D eigenvalue weighted by atomic mass is 32.1. The molecule has 0 bridgehead atoms. The van der Waals surface area contributed by atoms with Gasteiger partial charge in [0.15, 0.2) is 10.2 Å². The van der Waals surface area contributed by atoms with Gasteiger partial charge in [0.1, 0.15) is 0 Å². The zero-order chi connectivity index (χ0) is 16.5. The first-order valence-corrected chi connectivity index (χ1v) is 8.99. The molecule has 1 N–H and O–H groups in total. The molecular weight excluding hydrogens is 308 g/mol. The number of benzene rings is 1. The Hall–Kier alpha value is -1.59. The maximum absolute atomic E-state index is 5.79. The molecule has 0 aliphatic heterocycles. The third-order valence-electron chi connectivity index (χ3n) is 3.55. The van der Waals surface area contributed by atoms with Gasteiger partial charge in [-0.05, 0) is 25.3 Å². The molecule has 0 aliphatic rings. The van der Waals surface area contributed by atoms with Crippen LogP contribution in [0.2, 0.25) is 0 Å². The molecular formula is C18H26N2O2S. The molecule has 2 rings (SSSR count). The molecule has 126 valence electrons. The van der Waals surface area contributed by atoms with Crippen molar-refractivity contribution in [3.8, 4) is 5.06 Å². The Morgan fingerprint density at radius 3 is 2.74 bits per heavy atom. The second-order valence-corrected chi connectivity index (χ2v) is 6.45. The van der Waals surface area contributed by atoms with Gasteiger partial charge in [-0.1, -0.05) is 48.6 Å². The molecule has 0 aliphatic carbocycles. The van der Waals surface area contributed by atoms with Gasteiger partial charge in [0.25, 0.3) is 0 Å². The van der Waals surface area contributed by atoms with E-state index in [1.165, 1.54) is 5.56 Å². The number of aryl methyl sites for hydroxylation is 1. The minimum Gasteiger partial charge on any atom is -0.482 e. The second kappa shape index (κ2) is 9.53. The Morgan fingerprint density at radius 1 is 1.22 bits per heavy atom. The van der Waals surface area contributed by atoms with Crippen molar-refractivity contribution in [2.75, 3.05) is 31.7 Å². The number of anilines is 1. The van der Waals surface area contributed by atoms with E-state index in [2.05, 4.69) is 41.5 Å². The van der Waals surface area contributed by atoms with Crippen LogP contribution in [-0.4, -0.2) is 31.3 Å². The van der Waals surface area contributed by atoms with Crippen molar-refractivity contribution in [1.29, 1.82) is 0 Å². The summed E-state index contributed by atoms with van der Waals surface area (Å²) in [6, 6.07) is 10.5. The highest BCUT2D eigenvalue weighted by Crippen LogP contribution is 2.30. The van der Waals surface area contributed by atoms with Gasteiger partial charge in [-0.2, -0.15) is 0 Å². The third kappa shape index (κ3) is 5.84. The standard InChI is InChI=1S/C18H26N2O2S/c1-4-21-11-8-12-22-17-15(3)20-18(23-17)19-13-14(2)16-9-6-5-7-10-16/h5-7,9-10,14H,4,8,11-13H2,1-3H3,(H,19,20). The van der Waals surface area contributed by atoms with Crippen molar-refractivity contribution in [3.63, 3.8) is 0 Å². The lowest BCUT2D eigenvalue weighted by Crippen LogP contribution is -2.09. The van der Waals surface area contributed by atoms with E-state index in [4.69, 9.17) is 9.47 Å². The molecule has 0 amide bonds. The summed E-state index contributed by atoms with van der Waals surface area (Å²) in [5.41, 5.74) is 2.28. The van der Waals surface area contributed by atoms with Crippen LogP contribution in [0.25, 0.3) is 0 Å². The van der Waals surface area contributed by atoms with Gasteiger partial charge in [0.05, 0.1) is 12.3 Å². The van der Waals surface area contributed by atoms with Gasteiger partial charge in [-0.3, -0.25) is 0 Å². The molecule has 0 saturated carbocycles. The molecule has 1 heterocycles. The van der Waals surface area contributed by atoms with E-state index in [1.807, 2.05) is 19.9 Å². The molecule has 23 heavy (non-hydrogen) atoms. The number of hydrogen-bond acceptors (Lipinski definition) is 5. The van der Waals surface area contributed by atoms with Crippen molar-refractivity contribution in [3.05, 3.63) is 41.6 Å². The van der Waals surface area contributed by atoms with Gasteiger partial charge in [-0.15, -0.1) is 0 Å². The highest BCUT2D eigenvalue weighted by molar-refractivity contribution is 7.17. The Labute approximate surface area is 142 Å². The Kier molecular flexibility index (Phi) is 7.36. The maximum atomic E-state index is 5.79. The number of ether oxygens (including phenoxy) is 2. The van der Waals surface area contributed by atoms with E-state index in [1.54, 1.807) is 11.3 Å². The van der Waals surface area contributed by atoms with Crippen LogP contribution in [0, 0.1) is 6.92 Å². The Balaban J connectivity index is 1.79. The SMILES string of the molecule is CCOCCCOc1sc(NCC(C)c2ccccc2)nc1C. The molecule has 0 saturated heterocycles. The van der Waals surface area contributed by atoms with Crippen molar-refractivity contribution in [1.82, 2.24) is 4.98 Å². The van der Waals surface area contributed by atoms with Gasteiger partial charge < -0.3 is 14.8 Å². The summed E-state index contributed by atoms with van der Waals surface area (Å²) in [4.78, 5) is 4.54. The predicted octanol–water partition coefficient (Wildman–Crippen LogP) is 4.47. The zero-order valence-corrected chi connectivity index (χ0v) is 15.0. The summed E-state index contributed by atoms with van der Waals surface area (Å²) >= 11 is 1.58. The molecule has 2 aromatic rings. The van der Waals surface area contributed by atoms with Crippen LogP contribution in [0.5, 0.6) is 5.06 Å². The van der Waals surface area contributed by atoms with Crippen LogP contribution < -0.4 is 10.1 Å². The van der Waals surface area contributed by atoms with E-state index in [-0.39, 0.29) is 0 Å². The number of hydrogen-bond donors (Lipinski definition) is 1. The smallest absolute Gasteiger partial charge is 0.198 e. The van der Waals surface area contributed by atoms with E-state index in [9.17, 15) is 0 Å². The first kappa shape index (κ1) is 17.8. The molecule has 1 aromatic heterocycles. The van der Waals surface area contributed by atoms with Gasteiger partial charge in [-0.25, -0.2) is 4.98 Å². The fourth-order valence-electron chi connectivity index (χ4n) is 2.20. The molecule has 4 nitrogen and oxygen atoms in total. The van der Waals surface area contributed by atoms with Gasteiger partial charge in [0.2, 0.25) is 0 Å². The number of nitrogens with one attached hydrogen (secondary N) is 1. The lowest BCUT2D eigenvalue weighted by atomic mass is 10.0. The summed E-state index contributed by atoms with van der Waals surface area (Å²) < 4.78 is 11.1. The average molecular weight is 334 g/mol. The van der Waals surface area contributed by atoms with Crippen LogP contribution >= 0.6 is 11.3 Å². The first-order chi connectivity index (χ1) is 11.2. The largest absolute Gasteiger partial charge is 0.482 e. The van der Waals surface area contributed by atoms with Gasteiger partial charge >= 0.3 is 0 Å². The minimum absolute atomic E-state index is 0.441. The van der Waals surface area contributed by atoms with Crippen molar-refractivity contribution in [2.24, 2.45) is 0 Å². The summed E-state index contributed by atoms with van der Waals surface area (Å²) in [6.07, 6.45) is 0.902. The summed E-state index contributed by atoms with van der Waals surface area (Å²) in [7, 11) is 0. The van der Waals surface area contributed by atoms with Crippen LogP contribution in [0.15, 0.2) is 30.3 Å². The lowest BCUT2D eigenvalue weighted by molar-refractivity contribution is 0.131. The van der Waals surface area contributed by atoms with E-state index >= 15 is 0 Å². The molecule has 1 aromatic carbocycles. The highest BCUT2D eigenvalue weighted by Gasteiger charge is 2.10. The number of rotatable bonds is 10. The van der Waals surface area contributed by atoms with Crippen LogP contribution in [-0.2, 0) is 4.74 Å². The maximum Gasteiger partial charge on any atom is 0.198 e. The topological polar surface area (TPSA) is 43.4 Å². The van der Waals surface area contributed by atoms with E-state index in [0.29, 0.717) is 12.5 Å². The second-order valence-electron chi connectivity index (χ2n) is 5.48. The Morgan fingerprint density at radius 2 is 2.00 bits per heavy atom. The monoisotopic (exact) mass is 334 g/mol. The quantitative estimate of drug-likeness (QED) is 0.651. The normalized spacial score (nSPS) is 12.1. The molecule has 0 spiro atoms. The first-order valence-electron chi connectivity index (χ1n) is 8.17. The van der Waals surface area contributed by atoms with E-state index in [0.717, 1.165) is 42.1 Å². The average Bonchev–Trinajstić information content (AvgIpc) is 2.93. The van der Waals surface area contributed by atoms with Crippen LogP contribution in [0.1, 0.15) is 37.4 Å². The summed E-state index contributed by atoms with van der Waals surface area (Å²) in [6.45, 7) is 9.24. The van der Waals surface area contributed by atoms with Crippen molar-refractivity contribution >= 4 is 16.5 Å². The zero-order valence-electron chi connectivity index (χ0n) is 14.2. The number of thiazole rings is 1. The van der Waals surface area contributed by atoms with Crippen molar-refractivity contribution in [2.45, 2.75) is 33.1 Å². The third-order valence-corrected chi connectivity index (χ3v) is 4.58. The van der Waals surface area contributed by atoms with E-state index < -0.39 is 0 Å². The predicted molar refractivity (Wildman–Crippen MR) is 96.8 cm³/mol. The molecule has 5 heteroatoms. The number of aromatic nitrogens is 1. The molecule has 1 unspecified atom stereocenters. The fraction of sp³-hybridized carbons (Fsp3) is 0.500. The molecule has 0 radical (unpaired) electrons. The minimum atomic E-state index is 0.441.